The molecule has 88 valence electrons. The lowest BCUT2D eigenvalue weighted by Gasteiger charge is -2.17. The van der Waals surface area contributed by atoms with Crippen molar-refractivity contribution in [2.45, 2.75) is 31.2 Å². The van der Waals surface area contributed by atoms with Gasteiger partial charge in [0.05, 0.1) is 6.54 Å². The van der Waals surface area contributed by atoms with Crippen LogP contribution in [0.25, 0.3) is 0 Å². The summed E-state index contributed by atoms with van der Waals surface area (Å²) in [7, 11) is 1.47. The first kappa shape index (κ1) is 12.1. The summed E-state index contributed by atoms with van der Waals surface area (Å²) in [4.78, 5) is 3.74. The molecule has 1 rings (SSSR count). The van der Waals surface area contributed by atoms with E-state index >= 15 is 0 Å². The summed E-state index contributed by atoms with van der Waals surface area (Å²) in [5.74, 6) is 0.292. The van der Waals surface area contributed by atoms with Gasteiger partial charge >= 0.3 is 6.18 Å². The first-order valence-corrected chi connectivity index (χ1v) is 4.65. The number of nitrogens with zero attached hydrogens (tertiary/aromatic N) is 1. The van der Waals surface area contributed by atoms with E-state index in [2.05, 4.69) is 15.6 Å². The first-order valence-electron chi connectivity index (χ1n) is 4.65. The van der Waals surface area contributed by atoms with Gasteiger partial charge in [0, 0.05) is 13.1 Å². The number of hydrogen-bond donors (Lipinski definition) is 3. The number of aliphatic imine (C=N–C) groups is 1. The van der Waals surface area contributed by atoms with Crippen molar-refractivity contribution in [3.05, 3.63) is 0 Å². The van der Waals surface area contributed by atoms with E-state index in [9.17, 15) is 13.2 Å². The van der Waals surface area contributed by atoms with Crippen molar-refractivity contribution in [3.63, 3.8) is 0 Å². The van der Waals surface area contributed by atoms with Gasteiger partial charge < -0.3 is 15.7 Å². The number of hydrogen-bond acceptors (Lipinski definition) is 2. The minimum absolute atomic E-state index is 0.292. The van der Waals surface area contributed by atoms with Crippen LogP contribution in [0.1, 0.15) is 12.8 Å². The van der Waals surface area contributed by atoms with Gasteiger partial charge in [-0.2, -0.15) is 13.2 Å². The molecule has 0 aromatic carbocycles. The van der Waals surface area contributed by atoms with E-state index in [1.807, 2.05) is 0 Å². The number of rotatable bonds is 3. The second-order valence-electron chi connectivity index (χ2n) is 3.43. The average Bonchev–Trinajstić information content (AvgIpc) is 2.93. The summed E-state index contributed by atoms with van der Waals surface area (Å²) in [6.07, 6.45) is -4.95. The van der Waals surface area contributed by atoms with Crippen LogP contribution in [0, 0.1) is 0 Å². The summed E-state index contributed by atoms with van der Waals surface area (Å²) in [5, 5.41) is 14.0. The molecule has 0 heterocycles. The van der Waals surface area contributed by atoms with Crippen LogP contribution in [0.4, 0.5) is 13.2 Å². The van der Waals surface area contributed by atoms with Crippen molar-refractivity contribution in [2.24, 2.45) is 4.99 Å². The van der Waals surface area contributed by atoms with Gasteiger partial charge in [0.2, 0.25) is 0 Å². The standard InChI is InChI=1S/C8H14F3N3O/c1-12-7(14-5-2-3-5)13-4-6(15)8(9,10)11/h5-6,15H,2-4H2,1H3,(H2,12,13,14). The Bertz CT molecular complexity index is 238. The van der Waals surface area contributed by atoms with Crippen molar-refractivity contribution in [1.82, 2.24) is 10.6 Å². The fraction of sp³-hybridized carbons (Fsp3) is 0.875. The van der Waals surface area contributed by atoms with Gasteiger partial charge in [-0.25, -0.2) is 0 Å². The highest BCUT2D eigenvalue weighted by atomic mass is 19.4. The van der Waals surface area contributed by atoms with Crippen LogP contribution in [0.3, 0.4) is 0 Å². The Morgan fingerprint density at radius 3 is 2.53 bits per heavy atom. The molecule has 0 spiro atoms. The third-order valence-corrected chi connectivity index (χ3v) is 1.98. The lowest BCUT2D eigenvalue weighted by Crippen LogP contribution is -2.45. The zero-order chi connectivity index (χ0) is 11.5. The smallest absolute Gasteiger partial charge is 0.382 e. The molecule has 0 saturated heterocycles. The number of alkyl halides is 3. The summed E-state index contributed by atoms with van der Waals surface area (Å²) in [6.45, 7) is -0.587. The maximum atomic E-state index is 11.9. The third kappa shape index (κ3) is 4.37. The summed E-state index contributed by atoms with van der Waals surface area (Å²) < 4.78 is 35.8. The topological polar surface area (TPSA) is 56.7 Å². The SMILES string of the molecule is CN=C(NCC(O)C(F)(F)F)NC1CC1. The number of aliphatic hydroxyl groups excluding tert-OH is 1. The highest BCUT2D eigenvalue weighted by molar-refractivity contribution is 5.80. The fourth-order valence-electron chi connectivity index (χ4n) is 0.925. The molecule has 0 aromatic heterocycles. The quantitative estimate of drug-likeness (QED) is 0.476. The lowest BCUT2D eigenvalue weighted by molar-refractivity contribution is -0.201. The third-order valence-electron chi connectivity index (χ3n) is 1.98. The van der Waals surface area contributed by atoms with Crippen LogP contribution in [0.5, 0.6) is 0 Å². The molecule has 1 atom stereocenters. The Morgan fingerprint density at radius 2 is 2.13 bits per heavy atom. The fourth-order valence-corrected chi connectivity index (χ4v) is 0.925. The minimum Gasteiger partial charge on any atom is -0.382 e. The minimum atomic E-state index is -4.59. The Balaban J connectivity index is 2.27. The van der Waals surface area contributed by atoms with E-state index in [0.717, 1.165) is 12.8 Å². The first-order chi connectivity index (χ1) is 6.93. The van der Waals surface area contributed by atoms with Gasteiger partial charge in [0.15, 0.2) is 12.1 Å². The molecule has 0 amide bonds. The van der Waals surface area contributed by atoms with Gasteiger partial charge in [0.25, 0.3) is 0 Å². The second kappa shape index (κ2) is 4.69. The van der Waals surface area contributed by atoms with Gasteiger partial charge in [-0.15, -0.1) is 0 Å². The van der Waals surface area contributed by atoms with E-state index in [-0.39, 0.29) is 0 Å². The Hall–Kier alpha value is -0.980. The van der Waals surface area contributed by atoms with Gasteiger partial charge in [-0.1, -0.05) is 0 Å². The summed E-state index contributed by atoms with van der Waals surface area (Å²) in [5.41, 5.74) is 0. The van der Waals surface area contributed by atoms with E-state index in [4.69, 9.17) is 5.11 Å². The van der Waals surface area contributed by atoms with Gasteiger partial charge in [0.1, 0.15) is 0 Å². The molecule has 0 bridgehead atoms. The van der Waals surface area contributed by atoms with Crippen LogP contribution in [-0.2, 0) is 0 Å². The zero-order valence-corrected chi connectivity index (χ0v) is 8.30. The van der Waals surface area contributed by atoms with Crippen molar-refractivity contribution in [1.29, 1.82) is 0 Å². The summed E-state index contributed by atoms with van der Waals surface area (Å²) >= 11 is 0. The number of guanidine groups is 1. The molecule has 1 aliphatic carbocycles. The highest BCUT2D eigenvalue weighted by Gasteiger charge is 2.38. The zero-order valence-electron chi connectivity index (χ0n) is 8.30. The van der Waals surface area contributed by atoms with Crippen molar-refractivity contribution >= 4 is 5.96 Å². The van der Waals surface area contributed by atoms with Gasteiger partial charge in [-0.3, -0.25) is 4.99 Å². The molecule has 15 heavy (non-hydrogen) atoms. The molecule has 1 unspecified atom stereocenters. The Kier molecular flexibility index (Phi) is 3.78. The molecule has 1 saturated carbocycles. The van der Waals surface area contributed by atoms with Gasteiger partial charge in [-0.05, 0) is 12.8 Å². The Labute approximate surface area is 85.6 Å². The van der Waals surface area contributed by atoms with Crippen molar-refractivity contribution in [2.75, 3.05) is 13.6 Å². The van der Waals surface area contributed by atoms with Crippen LogP contribution in [-0.4, -0.2) is 43.0 Å². The molecule has 3 N–H and O–H groups in total. The van der Waals surface area contributed by atoms with Crippen LogP contribution < -0.4 is 10.6 Å². The largest absolute Gasteiger partial charge is 0.416 e. The molecule has 7 heteroatoms. The molecule has 4 nitrogen and oxygen atoms in total. The Morgan fingerprint density at radius 1 is 1.53 bits per heavy atom. The van der Waals surface area contributed by atoms with Crippen LogP contribution in [0.2, 0.25) is 0 Å². The molecule has 0 radical (unpaired) electrons. The van der Waals surface area contributed by atoms with E-state index in [1.165, 1.54) is 7.05 Å². The lowest BCUT2D eigenvalue weighted by atomic mass is 10.3. The number of halogens is 3. The number of nitrogens with one attached hydrogen (secondary N) is 2. The highest BCUT2D eigenvalue weighted by Crippen LogP contribution is 2.20. The molecule has 0 aliphatic heterocycles. The van der Waals surface area contributed by atoms with E-state index in [1.54, 1.807) is 0 Å². The average molecular weight is 225 g/mol. The van der Waals surface area contributed by atoms with Crippen molar-refractivity contribution < 1.29 is 18.3 Å². The predicted octanol–water partition coefficient (Wildman–Crippen LogP) is 0.237. The van der Waals surface area contributed by atoms with E-state index < -0.39 is 18.8 Å². The maximum absolute atomic E-state index is 11.9. The molecule has 0 aromatic rings. The van der Waals surface area contributed by atoms with Crippen LogP contribution >= 0.6 is 0 Å². The maximum Gasteiger partial charge on any atom is 0.416 e. The van der Waals surface area contributed by atoms with Crippen molar-refractivity contribution in [3.8, 4) is 0 Å². The molecule has 1 aliphatic rings. The normalized spacial score (nSPS) is 19.9. The number of aliphatic hydroxyl groups is 1. The van der Waals surface area contributed by atoms with Crippen LogP contribution in [0.15, 0.2) is 4.99 Å². The summed E-state index contributed by atoms with van der Waals surface area (Å²) in [6, 6.07) is 0.305. The second-order valence-corrected chi connectivity index (χ2v) is 3.43. The monoisotopic (exact) mass is 225 g/mol. The molecular formula is C8H14F3N3O. The molecule has 1 fully saturated rings. The predicted molar refractivity (Wildman–Crippen MR) is 49.6 cm³/mol. The molecular weight excluding hydrogens is 211 g/mol. The van der Waals surface area contributed by atoms with E-state index in [0.29, 0.717) is 12.0 Å².